The molecular weight excluding hydrogens is 407 g/mol. The number of aromatic nitrogens is 4. The number of likely N-dealkylation sites (tertiary alicyclic amines) is 1. The largest absolute Gasteiger partial charge is 0.350 e. The van der Waals surface area contributed by atoms with E-state index in [1.54, 1.807) is 41.7 Å². The van der Waals surface area contributed by atoms with Gasteiger partial charge in [0.05, 0.1) is 17.5 Å². The lowest BCUT2D eigenvalue weighted by molar-refractivity contribution is 0.0787. The number of hydrogen-bond donors (Lipinski definition) is 1. The van der Waals surface area contributed by atoms with Crippen molar-refractivity contribution in [2.75, 3.05) is 18.4 Å². The van der Waals surface area contributed by atoms with Crippen LogP contribution in [0.15, 0.2) is 67.1 Å². The van der Waals surface area contributed by atoms with E-state index in [-0.39, 0.29) is 17.5 Å². The van der Waals surface area contributed by atoms with E-state index in [2.05, 4.69) is 25.5 Å². The van der Waals surface area contributed by atoms with Crippen LogP contribution < -0.4 is 5.32 Å². The van der Waals surface area contributed by atoms with E-state index < -0.39 is 5.82 Å². The van der Waals surface area contributed by atoms with Gasteiger partial charge in [-0.05, 0) is 30.2 Å². The average molecular weight is 428 g/mol. The highest BCUT2D eigenvalue weighted by Crippen LogP contribution is 2.22. The Balaban J connectivity index is 1.33. The first-order valence-electron chi connectivity index (χ1n) is 10.5. The van der Waals surface area contributed by atoms with E-state index in [1.165, 1.54) is 6.07 Å². The molecule has 1 aliphatic heterocycles. The fraction of sp³-hybridized carbons (Fsp3) is 0.208. The second-order valence-electron chi connectivity index (χ2n) is 7.82. The summed E-state index contributed by atoms with van der Waals surface area (Å²) in [6.45, 7) is 1.01. The van der Waals surface area contributed by atoms with Crippen LogP contribution in [0, 0.1) is 5.82 Å². The van der Waals surface area contributed by atoms with E-state index in [4.69, 9.17) is 0 Å². The van der Waals surface area contributed by atoms with Crippen LogP contribution in [0.25, 0.3) is 10.8 Å². The maximum atomic E-state index is 14.6. The minimum atomic E-state index is -0.523. The predicted molar refractivity (Wildman–Crippen MR) is 119 cm³/mol. The fourth-order valence-electron chi connectivity index (χ4n) is 4.05. The van der Waals surface area contributed by atoms with Crippen LogP contribution in [-0.2, 0) is 6.42 Å². The second kappa shape index (κ2) is 8.66. The van der Waals surface area contributed by atoms with Crippen molar-refractivity contribution in [2.45, 2.75) is 18.9 Å². The second-order valence-corrected chi connectivity index (χ2v) is 7.82. The number of rotatable bonds is 5. The number of hydrogen-bond acceptors (Lipinski definition) is 6. The molecule has 1 atom stereocenters. The minimum Gasteiger partial charge on any atom is -0.350 e. The van der Waals surface area contributed by atoms with E-state index in [9.17, 15) is 9.18 Å². The molecule has 32 heavy (non-hydrogen) atoms. The monoisotopic (exact) mass is 428 g/mol. The van der Waals surface area contributed by atoms with Crippen molar-refractivity contribution in [3.63, 3.8) is 0 Å². The SMILES string of the molecule is O=C(c1cc(Cc2nncc3ccccc23)ccc1F)N1CC[C@@H](Nc2ncccn2)C1. The Morgan fingerprint density at radius 1 is 1.12 bits per heavy atom. The summed E-state index contributed by atoms with van der Waals surface area (Å²) in [5.74, 6) is -0.312. The summed E-state index contributed by atoms with van der Waals surface area (Å²) in [4.78, 5) is 23.1. The number of nitrogens with one attached hydrogen (secondary N) is 1. The number of amides is 1. The third-order valence-corrected chi connectivity index (χ3v) is 5.65. The van der Waals surface area contributed by atoms with Crippen LogP contribution >= 0.6 is 0 Å². The highest BCUT2D eigenvalue weighted by Gasteiger charge is 2.29. The summed E-state index contributed by atoms with van der Waals surface area (Å²) in [5.41, 5.74) is 1.68. The molecule has 0 aliphatic carbocycles. The molecule has 0 radical (unpaired) electrons. The summed E-state index contributed by atoms with van der Waals surface area (Å²) in [5, 5.41) is 13.6. The Bertz CT molecular complexity index is 1260. The lowest BCUT2D eigenvalue weighted by Gasteiger charge is -2.18. The first-order valence-corrected chi connectivity index (χ1v) is 10.5. The summed E-state index contributed by atoms with van der Waals surface area (Å²) in [6.07, 6.45) is 6.25. The van der Waals surface area contributed by atoms with Gasteiger partial charge in [-0.15, -0.1) is 0 Å². The minimum absolute atomic E-state index is 0.0264. The Labute approximate surface area is 184 Å². The molecule has 8 heteroatoms. The zero-order valence-electron chi connectivity index (χ0n) is 17.3. The molecular formula is C24H21FN6O. The summed E-state index contributed by atoms with van der Waals surface area (Å²) >= 11 is 0. The number of nitrogens with zero attached hydrogens (tertiary/aromatic N) is 5. The molecule has 2 aromatic carbocycles. The molecule has 3 heterocycles. The number of carbonyl (C=O) groups is 1. The van der Waals surface area contributed by atoms with Gasteiger partial charge in [0.1, 0.15) is 5.82 Å². The van der Waals surface area contributed by atoms with Crippen molar-refractivity contribution in [3.05, 3.63) is 89.8 Å². The van der Waals surface area contributed by atoms with Crippen molar-refractivity contribution >= 4 is 22.6 Å². The van der Waals surface area contributed by atoms with Crippen LogP contribution in [0.4, 0.5) is 10.3 Å². The maximum Gasteiger partial charge on any atom is 0.256 e. The van der Waals surface area contributed by atoms with E-state index in [0.717, 1.165) is 28.5 Å². The van der Waals surface area contributed by atoms with Crippen LogP contribution in [0.5, 0.6) is 0 Å². The van der Waals surface area contributed by atoms with Crippen molar-refractivity contribution in [2.24, 2.45) is 0 Å². The summed E-state index contributed by atoms with van der Waals surface area (Å²) in [6, 6.07) is 14.3. The Kier molecular flexibility index (Phi) is 5.41. The van der Waals surface area contributed by atoms with Crippen LogP contribution in [0.3, 0.4) is 0 Å². The van der Waals surface area contributed by atoms with Gasteiger partial charge < -0.3 is 10.2 Å². The zero-order valence-corrected chi connectivity index (χ0v) is 17.3. The lowest BCUT2D eigenvalue weighted by Crippen LogP contribution is -2.32. The number of benzene rings is 2. The molecule has 5 rings (SSSR count). The van der Waals surface area contributed by atoms with Gasteiger partial charge in [-0.3, -0.25) is 4.79 Å². The molecule has 1 N–H and O–H groups in total. The predicted octanol–water partition coefficient (Wildman–Crippen LogP) is 3.48. The molecule has 1 amide bonds. The molecule has 2 aromatic heterocycles. The van der Waals surface area contributed by atoms with Crippen LogP contribution in [-0.4, -0.2) is 50.1 Å². The van der Waals surface area contributed by atoms with Gasteiger partial charge in [0.15, 0.2) is 0 Å². The molecule has 4 aromatic rings. The number of fused-ring (bicyclic) bond motifs is 1. The van der Waals surface area contributed by atoms with E-state index in [1.807, 2.05) is 24.3 Å². The Morgan fingerprint density at radius 2 is 1.97 bits per heavy atom. The van der Waals surface area contributed by atoms with Crippen LogP contribution in [0.1, 0.15) is 28.0 Å². The van der Waals surface area contributed by atoms with Gasteiger partial charge in [0, 0.05) is 48.7 Å². The average Bonchev–Trinajstić information content (AvgIpc) is 3.29. The fourth-order valence-corrected chi connectivity index (χ4v) is 4.05. The molecule has 0 saturated carbocycles. The molecule has 0 bridgehead atoms. The third kappa shape index (κ3) is 4.12. The lowest BCUT2D eigenvalue weighted by atomic mass is 10.0. The Morgan fingerprint density at radius 3 is 2.84 bits per heavy atom. The van der Waals surface area contributed by atoms with E-state index in [0.29, 0.717) is 25.5 Å². The molecule has 1 aliphatic rings. The summed E-state index contributed by atoms with van der Waals surface area (Å²) in [7, 11) is 0. The van der Waals surface area contributed by atoms with Gasteiger partial charge in [0.2, 0.25) is 5.95 Å². The quantitative estimate of drug-likeness (QED) is 0.524. The highest BCUT2D eigenvalue weighted by atomic mass is 19.1. The topological polar surface area (TPSA) is 83.9 Å². The normalized spacial score (nSPS) is 15.8. The molecule has 0 unspecified atom stereocenters. The zero-order chi connectivity index (χ0) is 21.9. The van der Waals surface area contributed by atoms with Crippen LogP contribution in [0.2, 0.25) is 0 Å². The first kappa shape index (κ1) is 20.0. The molecule has 1 saturated heterocycles. The van der Waals surface area contributed by atoms with Gasteiger partial charge in [-0.1, -0.05) is 30.3 Å². The van der Waals surface area contributed by atoms with Gasteiger partial charge in [-0.25, -0.2) is 14.4 Å². The standard InChI is InChI=1S/C24H21FN6O/c25-21-7-6-16(13-22-19-5-2-1-4-17(19)14-28-30-22)12-20(21)23(32)31-11-8-18(15-31)29-24-26-9-3-10-27-24/h1-7,9-10,12,14,18H,8,11,13,15H2,(H,26,27,29)/t18-/m1/s1. The first-order chi connectivity index (χ1) is 15.7. The van der Waals surface area contributed by atoms with Crippen molar-refractivity contribution in [1.29, 1.82) is 0 Å². The maximum absolute atomic E-state index is 14.6. The van der Waals surface area contributed by atoms with Gasteiger partial charge in [-0.2, -0.15) is 10.2 Å². The number of halogens is 1. The smallest absolute Gasteiger partial charge is 0.256 e. The molecule has 7 nitrogen and oxygen atoms in total. The van der Waals surface area contributed by atoms with Gasteiger partial charge in [0.25, 0.3) is 5.91 Å². The molecule has 0 spiro atoms. The van der Waals surface area contributed by atoms with Crippen molar-refractivity contribution in [3.8, 4) is 0 Å². The highest BCUT2D eigenvalue weighted by molar-refractivity contribution is 5.95. The third-order valence-electron chi connectivity index (χ3n) is 5.65. The Hall–Kier alpha value is -3.94. The number of carbonyl (C=O) groups excluding carboxylic acids is 1. The van der Waals surface area contributed by atoms with Gasteiger partial charge >= 0.3 is 0 Å². The number of anilines is 1. The molecule has 1 fully saturated rings. The van der Waals surface area contributed by atoms with Crippen molar-refractivity contribution < 1.29 is 9.18 Å². The molecule has 160 valence electrons. The summed E-state index contributed by atoms with van der Waals surface area (Å²) < 4.78 is 14.6. The van der Waals surface area contributed by atoms with Crippen molar-refractivity contribution in [1.82, 2.24) is 25.1 Å². The van der Waals surface area contributed by atoms with E-state index >= 15 is 0 Å².